The lowest BCUT2D eigenvalue weighted by atomic mass is 10.2. The number of hydrogen-bond donors (Lipinski definition) is 0. The van der Waals surface area contributed by atoms with Crippen LogP contribution in [0.1, 0.15) is 5.56 Å². The van der Waals surface area contributed by atoms with Crippen LogP contribution in [0.25, 0.3) is 0 Å². The van der Waals surface area contributed by atoms with E-state index in [9.17, 15) is 17.2 Å². The number of anilines is 1. The largest absolute Gasteiger partial charge is 0.270 e. The summed E-state index contributed by atoms with van der Waals surface area (Å²) in [7, 11) is -4.51. The molecule has 3 aromatic rings. The molecule has 0 saturated heterocycles. The molecule has 8 heteroatoms. The van der Waals surface area contributed by atoms with E-state index in [-0.39, 0.29) is 12.2 Å². The van der Waals surface area contributed by atoms with Crippen LogP contribution < -0.4 is 4.31 Å². The molecule has 0 fully saturated rings. The highest BCUT2D eigenvalue weighted by molar-refractivity contribution is 7.92. The van der Waals surface area contributed by atoms with Crippen LogP contribution in [-0.4, -0.2) is 13.4 Å². The fourth-order valence-electron chi connectivity index (χ4n) is 2.42. The summed E-state index contributed by atoms with van der Waals surface area (Å²) in [4.78, 5) is 2.94. The molecule has 1 aromatic heterocycles. The minimum Gasteiger partial charge on any atom is -0.264 e. The second-order valence-electron chi connectivity index (χ2n) is 5.40. The van der Waals surface area contributed by atoms with Gasteiger partial charge in [0.15, 0.2) is 4.90 Å². The Bertz CT molecular complexity index is 993. The van der Waals surface area contributed by atoms with Crippen LogP contribution in [0, 0.1) is 11.6 Å². The molecular weight excluding hydrogens is 382 g/mol. The van der Waals surface area contributed by atoms with Gasteiger partial charge in [-0.2, -0.15) is 0 Å². The third kappa shape index (κ3) is 3.68. The Labute approximate surface area is 154 Å². The smallest absolute Gasteiger partial charge is 0.264 e. The SMILES string of the molecule is O=S(=O)(c1c(F)cccc1F)N(Cc1cccnc1)c1ccc(Cl)cc1. The van der Waals surface area contributed by atoms with E-state index in [0.717, 1.165) is 22.5 Å². The summed E-state index contributed by atoms with van der Waals surface area (Å²) in [6.07, 6.45) is 3.03. The molecule has 1 heterocycles. The van der Waals surface area contributed by atoms with Crippen molar-refractivity contribution in [1.82, 2.24) is 4.98 Å². The lowest BCUT2D eigenvalue weighted by molar-refractivity contribution is 0.517. The summed E-state index contributed by atoms with van der Waals surface area (Å²) in [5, 5.41) is 0.407. The van der Waals surface area contributed by atoms with Crippen LogP contribution in [0.15, 0.2) is 71.9 Å². The van der Waals surface area contributed by atoms with Gasteiger partial charge in [0.2, 0.25) is 0 Å². The predicted molar refractivity (Wildman–Crippen MR) is 95.4 cm³/mol. The number of nitrogens with zero attached hydrogens (tertiary/aromatic N) is 2. The molecule has 4 nitrogen and oxygen atoms in total. The van der Waals surface area contributed by atoms with Crippen LogP contribution in [0.4, 0.5) is 14.5 Å². The van der Waals surface area contributed by atoms with Crippen molar-refractivity contribution in [3.63, 3.8) is 0 Å². The Morgan fingerprint density at radius 3 is 2.19 bits per heavy atom. The Balaban J connectivity index is 2.14. The second kappa shape index (κ2) is 7.39. The van der Waals surface area contributed by atoms with Crippen LogP contribution in [-0.2, 0) is 16.6 Å². The van der Waals surface area contributed by atoms with Crippen molar-refractivity contribution in [2.24, 2.45) is 0 Å². The summed E-state index contributed by atoms with van der Waals surface area (Å²) in [6.45, 7) is -0.147. The van der Waals surface area contributed by atoms with Gasteiger partial charge in [-0.3, -0.25) is 9.29 Å². The maximum absolute atomic E-state index is 14.1. The Kier molecular flexibility index (Phi) is 5.20. The molecule has 0 bridgehead atoms. The fourth-order valence-corrected chi connectivity index (χ4v) is 4.11. The molecule has 0 spiro atoms. The van der Waals surface area contributed by atoms with Gasteiger partial charge in [-0.25, -0.2) is 17.2 Å². The van der Waals surface area contributed by atoms with E-state index >= 15 is 0 Å². The molecule has 0 aliphatic rings. The summed E-state index contributed by atoms with van der Waals surface area (Å²) < 4.78 is 55.3. The number of pyridine rings is 1. The van der Waals surface area contributed by atoms with E-state index in [1.165, 1.54) is 30.5 Å². The molecule has 3 rings (SSSR count). The lowest BCUT2D eigenvalue weighted by Gasteiger charge is -2.25. The summed E-state index contributed by atoms with van der Waals surface area (Å²) in [5.74, 6) is -2.31. The molecule has 0 amide bonds. The van der Waals surface area contributed by atoms with Crippen molar-refractivity contribution in [1.29, 1.82) is 0 Å². The number of halogens is 3. The Hall–Kier alpha value is -2.51. The van der Waals surface area contributed by atoms with E-state index in [0.29, 0.717) is 10.6 Å². The number of sulfonamides is 1. The monoisotopic (exact) mass is 394 g/mol. The molecule has 0 radical (unpaired) electrons. The Morgan fingerprint density at radius 1 is 0.962 bits per heavy atom. The first-order valence-corrected chi connectivity index (χ1v) is 9.32. The van der Waals surface area contributed by atoms with Crippen molar-refractivity contribution >= 4 is 27.3 Å². The fraction of sp³-hybridized carbons (Fsp3) is 0.0556. The molecule has 0 aliphatic heterocycles. The van der Waals surface area contributed by atoms with Gasteiger partial charge in [0, 0.05) is 17.4 Å². The van der Waals surface area contributed by atoms with Crippen LogP contribution in [0.2, 0.25) is 5.02 Å². The molecular formula is C18H13ClF2N2O2S. The quantitative estimate of drug-likeness (QED) is 0.644. The van der Waals surface area contributed by atoms with Crippen molar-refractivity contribution < 1.29 is 17.2 Å². The van der Waals surface area contributed by atoms with Crippen molar-refractivity contribution in [3.8, 4) is 0 Å². The van der Waals surface area contributed by atoms with Gasteiger partial charge >= 0.3 is 0 Å². The molecule has 134 valence electrons. The first kappa shape index (κ1) is 18.3. The third-order valence-electron chi connectivity index (χ3n) is 3.63. The highest BCUT2D eigenvalue weighted by Gasteiger charge is 2.31. The van der Waals surface area contributed by atoms with Crippen LogP contribution in [0.5, 0.6) is 0 Å². The minimum atomic E-state index is -4.51. The number of hydrogen-bond acceptors (Lipinski definition) is 3. The molecule has 0 aliphatic carbocycles. The zero-order valence-corrected chi connectivity index (χ0v) is 14.9. The van der Waals surface area contributed by atoms with Crippen molar-refractivity contribution in [3.05, 3.63) is 89.2 Å². The van der Waals surface area contributed by atoms with Crippen molar-refractivity contribution in [2.75, 3.05) is 4.31 Å². The third-order valence-corrected chi connectivity index (χ3v) is 5.71. The van der Waals surface area contributed by atoms with E-state index in [1.807, 2.05) is 0 Å². The maximum atomic E-state index is 14.1. The van der Waals surface area contributed by atoms with E-state index in [1.54, 1.807) is 18.3 Å². The van der Waals surface area contributed by atoms with E-state index in [4.69, 9.17) is 11.6 Å². The molecule has 0 N–H and O–H groups in total. The standard InChI is InChI=1S/C18H13ClF2N2O2S/c19-14-6-8-15(9-7-14)23(12-13-3-2-10-22-11-13)26(24,25)18-16(20)4-1-5-17(18)21/h1-11H,12H2. The van der Waals surface area contributed by atoms with Gasteiger partial charge < -0.3 is 0 Å². The number of rotatable bonds is 5. The highest BCUT2D eigenvalue weighted by atomic mass is 35.5. The number of aromatic nitrogens is 1. The summed E-state index contributed by atoms with van der Waals surface area (Å²) in [6, 6.07) is 12.2. The molecule has 2 aromatic carbocycles. The van der Waals surface area contributed by atoms with E-state index in [2.05, 4.69) is 4.98 Å². The summed E-state index contributed by atoms with van der Waals surface area (Å²) >= 11 is 5.86. The van der Waals surface area contributed by atoms with E-state index < -0.39 is 26.6 Å². The molecule has 0 atom stereocenters. The molecule has 26 heavy (non-hydrogen) atoms. The van der Waals surface area contributed by atoms with Gasteiger partial charge in [0.05, 0.1) is 12.2 Å². The van der Waals surface area contributed by atoms with Gasteiger partial charge in [-0.1, -0.05) is 23.7 Å². The first-order chi connectivity index (χ1) is 12.4. The van der Waals surface area contributed by atoms with Gasteiger partial charge in [0.25, 0.3) is 10.0 Å². The predicted octanol–water partition coefficient (Wildman–Crippen LogP) is 4.41. The topological polar surface area (TPSA) is 50.3 Å². The number of benzene rings is 2. The molecule has 0 saturated carbocycles. The van der Waals surface area contributed by atoms with Gasteiger partial charge in [0.1, 0.15) is 11.6 Å². The normalized spacial score (nSPS) is 11.3. The Morgan fingerprint density at radius 2 is 1.62 bits per heavy atom. The van der Waals surface area contributed by atoms with Crippen molar-refractivity contribution in [2.45, 2.75) is 11.4 Å². The first-order valence-electron chi connectivity index (χ1n) is 7.51. The molecule has 0 unspecified atom stereocenters. The minimum absolute atomic E-state index is 0.147. The van der Waals surface area contributed by atoms with Crippen LogP contribution >= 0.6 is 11.6 Å². The average Bonchev–Trinajstić information content (AvgIpc) is 2.61. The van der Waals surface area contributed by atoms with Crippen LogP contribution in [0.3, 0.4) is 0 Å². The van der Waals surface area contributed by atoms with Gasteiger partial charge in [-0.05, 0) is 48.0 Å². The zero-order valence-electron chi connectivity index (χ0n) is 13.3. The highest BCUT2D eigenvalue weighted by Crippen LogP contribution is 2.29. The van der Waals surface area contributed by atoms with Gasteiger partial charge in [-0.15, -0.1) is 0 Å². The maximum Gasteiger partial charge on any atom is 0.270 e. The summed E-state index contributed by atoms with van der Waals surface area (Å²) in [5.41, 5.74) is 0.781. The zero-order chi connectivity index (χ0) is 18.7. The lowest BCUT2D eigenvalue weighted by Crippen LogP contribution is -2.32. The second-order valence-corrected chi connectivity index (χ2v) is 7.64. The average molecular weight is 395 g/mol.